The molecule has 0 N–H and O–H groups in total. The molecule has 2 aromatic heterocycles. The number of aryl methyl sites for hydroxylation is 2. The van der Waals surface area contributed by atoms with Crippen LogP contribution in [-0.2, 0) is 4.74 Å². The Morgan fingerprint density at radius 2 is 1.86 bits per heavy atom. The molecule has 0 saturated carbocycles. The van der Waals surface area contributed by atoms with E-state index in [2.05, 4.69) is 15.1 Å². The highest BCUT2D eigenvalue weighted by molar-refractivity contribution is 5.96. The average Bonchev–Trinajstić information content (AvgIpc) is 2.93. The molecule has 2 aromatic rings. The molecule has 2 fully saturated rings. The van der Waals surface area contributed by atoms with Crippen LogP contribution >= 0.6 is 0 Å². The van der Waals surface area contributed by atoms with Gasteiger partial charge in [-0.1, -0.05) is 5.16 Å². The van der Waals surface area contributed by atoms with Gasteiger partial charge in [-0.3, -0.25) is 4.79 Å². The molecule has 0 bridgehead atoms. The fraction of sp³-hybridized carbons (Fsp3) is 0.579. The van der Waals surface area contributed by atoms with Crippen molar-refractivity contribution in [3.63, 3.8) is 0 Å². The van der Waals surface area contributed by atoms with Crippen LogP contribution in [0.15, 0.2) is 10.7 Å². The topological polar surface area (TPSA) is 87.8 Å². The zero-order valence-electron chi connectivity index (χ0n) is 16.7. The minimum Gasteiger partial charge on any atom is -0.378 e. The van der Waals surface area contributed by atoms with Gasteiger partial charge in [-0.25, -0.2) is 9.37 Å². The number of nitrogens with zero attached hydrogens (tertiary/aromatic N) is 6. The van der Waals surface area contributed by atoms with E-state index in [1.165, 1.54) is 6.20 Å². The van der Waals surface area contributed by atoms with Crippen LogP contribution in [0.5, 0.6) is 0 Å². The lowest BCUT2D eigenvalue weighted by molar-refractivity contribution is 0.0764. The molecular weight excluding hydrogens is 379 g/mol. The number of anilines is 2. The molecule has 0 aliphatic carbocycles. The van der Waals surface area contributed by atoms with E-state index < -0.39 is 5.82 Å². The Bertz CT molecular complexity index is 863. The van der Waals surface area contributed by atoms with Crippen molar-refractivity contribution in [3.8, 4) is 0 Å². The van der Waals surface area contributed by atoms with Gasteiger partial charge in [0.05, 0.1) is 25.1 Å². The van der Waals surface area contributed by atoms with Crippen LogP contribution < -0.4 is 9.80 Å². The van der Waals surface area contributed by atoms with Gasteiger partial charge < -0.3 is 24.0 Å². The van der Waals surface area contributed by atoms with Gasteiger partial charge in [-0.05, 0) is 20.3 Å². The molecule has 0 radical (unpaired) electrons. The highest BCUT2D eigenvalue weighted by Gasteiger charge is 2.27. The van der Waals surface area contributed by atoms with Crippen LogP contribution in [0.1, 0.15) is 28.2 Å². The number of hydrogen-bond donors (Lipinski definition) is 0. The summed E-state index contributed by atoms with van der Waals surface area (Å²) in [6.07, 6.45) is 1.99. The van der Waals surface area contributed by atoms with Crippen molar-refractivity contribution in [2.75, 3.05) is 62.3 Å². The number of amides is 1. The molecule has 2 aliphatic rings. The van der Waals surface area contributed by atoms with Gasteiger partial charge in [-0.2, -0.15) is 4.98 Å². The maximum Gasteiger partial charge on any atom is 0.259 e. The SMILES string of the molecule is Cc1noc(C)c1C(=O)N1CCCN(c2ncc(F)c(N3CCOCC3)n2)CC1. The first-order valence-corrected chi connectivity index (χ1v) is 9.87. The van der Waals surface area contributed by atoms with Gasteiger partial charge >= 0.3 is 0 Å². The number of hydrogen-bond acceptors (Lipinski definition) is 8. The van der Waals surface area contributed by atoms with E-state index in [0.717, 1.165) is 6.42 Å². The van der Waals surface area contributed by atoms with Crippen LogP contribution in [0.3, 0.4) is 0 Å². The third-order valence-corrected chi connectivity index (χ3v) is 5.34. The van der Waals surface area contributed by atoms with Gasteiger partial charge in [0.15, 0.2) is 11.6 Å². The normalized spacial score (nSPS) is 18.1. The minimum atomic E-state index is -0.430. The summed E-state index contributed by atoms with van der Waals surface area (Å²) >= 11 is 0. The number of morpholine rings is 1. The highest BCUT2D eigenvalue weighted by Crippen LogP contribution is 2.22. The van der Waals surface area contributed by atoms with Gasteiger partial charge in [0.25, 0.3) is 5.91 Å². The quantitative estimate of drug-likeness (QED) is 0.759. The number of ether oxygens (including phenoxy) is 1. The fourth-order valence-electron chi connectivity index (χ4n) is 3.77. The zero-order chi connectivity index (χ0) is 20.4. The molecule has 29 heavy (non-hydrogen) atoms. The summed E-state index contributed by atoms with van der Waals surface area (Å²) in [7, 11) is 0. The number of halogens is 1. The van der Waals surface area contributed by atoms with E-state index in [1.807, 2.05) is 9.80 Å². The molecule has 4 heterocycles. The van der Waals surface area contributed by atoms with E-state index >= 15 is 0 Å². The molecule has 156 valence electrons. The summed E-state index contributed by atoms with van der Waals surface area (Å²) in [6, 6.07) is 0. The molecule has 10 heteroatoms. The second-order valence-corrected chi connectivity index (χ2v) is 7.27. The van der Waals surface area contributed by atoms with Crippen LogP contribution in [-0.4, -0.2) is 78.4 Å². The van der Waals surface area contributed by atoms with E-state index in [4.69, 9.17) is 9.26 Å². The molecule has 0 aromatic carbocycles. The van der Waals surface area contributed by atoms with Crippen molar-refractivity contribution in [2.45, 2.75) is 20.3 Å². The lowest BCUT2D eigenvalue weighted by atomic mass is 10.1. The second-order valence-electron chi connectivity index (χ2n) is 7.27. The Morgan fingerprint density at radius 1 is 1.07 bits per heavy atom. The Kier molecular flexibility index (Phi) is 5.61. The molecule has 2 aliphatic heterocycles. The van der Waals surface area contributed by atoms with E-state index in [-0.39, 0.29) is 5.91 Å². The van der Waals surface area contributed by atoms with Crippen molar-refractivity contribution < 1.29 is 18.4 Å². The van der Waals surface area contributed by atoms with Crippen LogP contribution in [0.25, 0.3) is 0 Å². The summed E-state index contributed by atoms with van der Waals surface area (Å²) < 4.78 is 24.8. The summed E-state index contributed by atoms with van der Waals surface area (Å²) in [5.41, 5.74) is 1.14. The van der Waals surface area contributed by atoms with Crippen molar-refractivity contribution in [1.29, 1.82) is 0 Å². The first-order chi connectivity index (χ1) is 14.0. The maximum atomic E-state index is 14.3. The summed E-state index contributed by atoms with van der Waals surface area (Å²) in [5, 5.41) is 3.88. The summed E-state index contributed by atoms with van der Waals surface area (Å²) in [6.45, 7) is 8.25. The smallest absolute Gasteiger partial charge is 0.259 e. The van der Waals surface area contributed by atoms with Gasteiger partial charge in [-0.15, -0.1) is 0 Å². The van der Waals surface area contributed by atoms with Crippen molar-refractivity contribution in [2.24, 2.45) is 0 Å². The summed E-state index contributed by atoms with van der Waals surface area (Å²) in [5.74, 6) is 0.828. The van der Waals surface area contributed by atoms with Gasteiger partial charge in [0.1, 0.15) is 11.3 Å². The standard InChI is InChI=1S/C19H25FN6O3/c1-13-16(14(2)29-23-13)18(27)25-4-3-5-26(7-6-25)19-21-12-15(20)17(22-19)24-8-10-28-11-9-24/h12H,3-11H2,1-2H3. The largest absolute Gasteiger partial charge is 0.378 e. The van der Waals surface area contributed by atoms with Gasteiger partial charge in [0.2, 0.25) is 5.95 Å². The first kappa shape index (κ1) is 19.6. The van der Waals surface area contributed by atoms with Crippen molar-refractivity contribution in [3.05, 3.63) is 29.0 Å². The predicted octanol–water partition coefficient (Wildman–Crippen LogP) is 1.41. The van der Waals surface area contributed by atoms with Crippen LogP contribution in [0.4, 0.5) is 16.2 Å². The Labute approximate surface area is 168 Å². The monoisotopic (exact) mass is 404 g/mol. The molecule has 0 atom stereocenters. The van der Waals surface area contributed by atoms with Crippen LogP contribution in [0.2, 0.25) is 0 Å². The Hall–Kier alpha value is -2.75. The number of aromatic nitrogens is 3. The maximum absolute atomic E-state index is 14.3. The number of carbonyl (C=O) groups excluding carboxylic acids is 1. The number of rotatable bonds is 3. The van der Waals surface area contributed by atoms with E-state index in [9.17, 15) is 9.18 Å². The van der Waals surface area contributed by atoms with Crippen LogP contribution in [0, 0.1) is 19.7 Å². The van der Waals surface area contributed by atoms with Gasteiger partial charge in [0, 0.05) is 39.3 Å². The molecule has 4 rings (SSSR count). The summed E-state index contributed by atoms with van der Waals surface area (Å²) in [4.78, 5) is 27.3. The zero-order valence-corrected chi connectivity index (χ0v) is 16.7. The lowest BCUT2D eigenvalue weighted by Crippen LogP contribution is -2.38. The Balaban J connectivity index is 1.48. The third kappa shape index (κ3) is 4.02. The lowest BCUT2D eigenvalue weighted by Gasteiger charge is -2.29. The third-order valence-electron chi connectivity index (χ3n) is 5.34. The fourth-order valence-corrected chi connectivity index (χ4v) is 3.77. The molecular formula is C19H25FN6O3. The van der Waals surface area contributed by atoms with E-state index in [0.29, 0.717) is 81.3 Å². The first-order valence-electron chi connectivity index (χ1n) is 9.87. The van der Waals surface area contributed by atoms with E-state index in [1.54, 1.807) is 18.7 Å². The molecule has 0 spiro atoms. The molecule has 9 nitrogen and oxygen atoms in total. The highest BCUT2D eigenvalue weighted by atomic mass is 19.1. The molecule has 1 amide bonds. The second kappa shape index (κ2) is 8.32. The minimum absolute atomic E-state index is 0.0721. The molecule has 0 unspecified atom stereocenters. The Morgan fingerprint density at radius 3 is 2.59 bits per heavy atom. The average molecular weight is 404 g/mol. The van der Waals surface area contributed by atoms with Crippen molar-refractivity contribution in [1.82, 2.24) is 20.0 Å². The molecule has 2 saturated heterocycles. The van der Waals surface area contributed by atoms with Crippen molar-refractivity contribution >= 4 is 17.7 Å². The number of carbonyl (C=O) groups is 1. The predicted molar refractivity (Wildman–Crippen MR) is 104 cm³/mol.